The second kappa shape index (κ2) is 5.17. The van der Waals surface area contributed by atoms with Crippen molar-refractivity contribution in [2.75, 3.05) is 0 Å². The number of fused-ring (bicyclic) bond motifs is 2. The summed E-state index contributed by atoms with van der Waals surface area (Å²) in [4.78, 5) is 17.0. The van der Waals surface area contributed by atoms with Crippen LogP contribution in [0.15, 0.2) is 30.5 Å². The molecule has 0 radical (unpaired) electrons. The van der Waals surface area contributed by atoms with Crippen molar-refractivity contribution in [1.82, 2.24) is 14.6 Å². The van der Waals surface area contributed by atoms with Gasteiger partial charge >= 0.3 is 0 Å². The van der Waals surface area contributed by atoms with Crippen LogP contribution < -0.4 is 0 Å². The second-order valence-corrected chi connectivity index (χ2v) is 6.71. The fourth-order valence-electron chi connectivity index (χ4n) is 3.29. The van der Waals surface area contributed by atoms with Gasteiger partial charge < -0.3 is 0 Å². The van der Waals surface area contributed by atoms with E-state index in [0.29, 0.717) is 22.9 Å². The van der Waals surface area contributed by atoms with Gasteiger partial charge in [-0.05, 0) is 37.0 Å². The fourth-order valence-corrected chi connectivity index (χ4v) is 3.42. The highest BCUT2D eigenvalue weighted by Crippen LogP contribution is 2.31. The molecule has 5 heteroatoms. The van der Waals surface area contributed by atoms with E-state index in [1.165, 1.54) is 0 Å². The van der Waals surface area contributed by atoms with E-state index < -0.39 is 0 Å². The lowest BCUT2D eigenvalue weighted by atomic mass is 9.88. The van der Waals surface area contributed by atoms with E-state index in [1.807, 2.05) is 37.4 Å². The van der Waals surface area contributed by atoms with Crippen LogP contribution in [0.1, 0.15) is 35.1 Å². The number of carbonyl (C=O) groups is 1. The number of halogens is 1. The maximum absolute atomic E-state index is 12.2. The third kappa shape index (κ3) is 2.34. The lowest BCUT2D eigenvalue weighted by Crippen LogP contribution is -2.20. The van der Waals surface area contributed by atoms with Crippen molar-refractivity contribution in [2.45, 2.75) is 26.7 Å². The number of benzene rings is 1. The van der Waals surface area contributed by atoms with Crippen molar-refractivity contribution >= 4 is 23.0 Å². The summed E-state index contributed by atoms with van der Waals surface area (Å²) in [5.74, 6) is 0.502. The molecule has 0 aliphatic heterocycles. The van der Waals surface area contributed by atoms with E-state index in [4.69, 9.17) is 16.6 Å². The van der Waals surface area contributed by atoms with Crippen molar-refractivity contribution in [3.8, 4) is 11.1 Å². The zero-order valence-electron chi connectivity index (χ0n) is 13.0. The summed E-state index contributed by atoms with van der Waals surface area (Å²) in [7, 11) is 0. The molecule has 0 N–H and O–H groups in total. The molecule has 2 aromatic heterocycles. The summed E-state index contributed by atoms with van der Waals surface area (Å²) in [6, 6.07) is 7.68. The molecule has 0 bridgehead atoms. The van der Waals surface area contributed by atoms with Gasteiger partial charge in [-0.15, -0.1) is 0 Å². The van der Waals surface area contributed by atoms with Crippen molar-refractivity contribution in [2.24, 2.45) is 5.92 Å². The van der Waals surface area contributed by atoms with Crippen LogP contribution in [0.25, 0.3) is 16.8 Å². The van der Waals surface area contributed by atoms with Gasteiger partial charge in [-0.2, -0.15) is 5.10 Å². The quantitative estimate of drug-likeness (QED) is 0.676. The zero-order chi connectivity index (χ0) is 16.1. The Hall–Kier alpha value is -2.20. The van der Waals surface area contributed by atoms with Crippen molar-refractivity contribution < 1.29 is 4.79 Å². The van der Waals surface area contributed by atoms with E-state index >= 15 is 0 Å². The third-order valence-electron chi connectivity index (χ3n) is 4.37. The van der Waals surface area contributed by atoms with Crippen molar-refractivity contribution in [1.29, 1.82) is 0 Å². The van der Waals surface area contributed by atoms with Crippen LogP contribution in [0, 0.1) is 12.8 Å². The van der Waals surface area contributed by atoms with E-state index in [1.54, 1.807) is 4.52 Å². The first-order valence-electron chi connectivity index (χ1n) is 7.71. The summed E-state index contributed by atoms with van der Waals surface area (Å²) in [5.41, 5.74) is 5.31. The molecule has 2 heterocycles. The maximum atomic E-state index is 12.2. The molecular weight excluding hydrogens is 310 g/mol. The number of hydrogen-bond acceptors (Lipinski definition) is 3. The molecule has 1 aliphatic carbocycles. The monoisotopic (exact) mass is 325 g/mol. The summed E-state index contributed by atoms with van der Waals surface area (Å²) in [6.07, 6.45) is 3.25. The number of aromatic nitrogens is 3. The molecule has 1 atom stereocenters. The molecule has 1 aromatic carbocycles. The standard InChI is InChI=1S/C18H16ClN3O/c1-10-7-15-14(16(23)8-10)9-22-18(20-15)17(11(2)21-22)12-3-5-13(19)6-4-12/h3-6,9-10H,7-8H2,1-2H3. The van der Waals surface area contributed by atoms with Crippen LogP contribution in [-0.4, -0.2) is 20.4 Å². The first kappa shape index (κ1) is 14.4. The van der Waals surface area contributed by atoms with Crippen LogP contribution in [0.3, 0.4) is 0 Å². The van der Waals surface area contributed by atoms with Gasteiger partial charge in [0.25, 0.3) is 0 Å². The highest BCUT2D eigenvalue weighted by molar-refractivity contribution is 6.30. The lowest BCUT2D eigenvalue weighted by Gasteiger charge is -2.19. The minimum atomic E-state index is 0.161. The number of carbonyl (C=O) groups excluding carboxylic acids is 1. The van der Waals surface area contributed by atoms with Crippen LogP contribution in [0.4, 0.5) is 0 Å². The molecule has 0 spiro atoms. The first-order valence-corrected chi connectivity index (χ1v) is 8.08. The van der Waals surface area contributed by atoms with Gasteiger partial charge in [0, 0.05) is 23.2 Å². The molecule has 0 fully saturated rings. The summed E-state index contributed by atoms with van der Waals surface area (Å²) in [5, 5.41) is 5.24. The van der Waals surface area contributed by atoms with Crippen LogP contribution in [-0.2, 0) is 6.42 Å². The minimum absolute atomic E-state index is 0.161. The molecular formula is C18H16ClN3O. The third-order valence-corrected chi connectivity index (χ3v) is 4.62. The molecule has 4 nitrogen and oxygen atoms in total. The molecule has 4 rings (SSSR count). The molecule has 0 saturated carbocycles. The number of nitrogens with zero attached hydrogens (tertiary/aromatic N) is 3. The van der Waals surface area contributed by atoms with Crippen molar-refractivity contribution in [3.63, 3.8) is 0 Å². The smallest absolute Gasteiger partial charge is 0.166 e. The molecule has 116 valence electrons. The molecule has 23 heavy (non-hydrogen) atoms. The number of ketones is 1. The topological polar surface area (TPSA) is 47.3 Å². The van der Waals surface area contributed by atoms with Gasteiger partial charge in [-0.1, -0.05) is 30.7 Å². The first-order chi connectivity index (χ1) is 11.0. The highest BCUT2D eigenvalue weighted by atomic mass is 35.5. The Kier molecular flexibility index (Phi) is 3.23. The average Bonchev–Trinajstić information content (AvgIpc) is 2.81. The Balaban J connectivity index is 1.96. The number of hydrogen-bond donors (Lipinski definition) is 0. The molecule has 1 unspecified atom stereocenters. The maximum Gasteiger partial charge on any atom is 0.166 e. The summed E-state index contributed by atoms with van der Waals surface area (Å²) >= 11 is 5.98. The molecule has 1 aliphatic rings. The van der Waals surface area contributed by atoms with Gasteiger partial charge in [-0.25, -0.2) is 9.50 Å². The van der Waals surface area contributed by atoms with Gasteiger partial charge in [0.1, 0.15) is 0 Å². The largest absolute Gasteiger partial charge is 0.294 e. The Labute approximate surface area is 139 Å². The fraction of sp³-hybridized carbons (Fsp3) is 0.278. The lowest BCUT2D eigenvalue weighted by molar-refractivity contribution is 0.0951. The Morgan fingerprint density at radius 3 is 2.70 bits per heavy atom. The summed E-state index contributed by atoms with van der Waals surface area (Å²) < 4.78 is 1.73. The minimum Gasteiger partial charge on any atom is -0.294 e. The van der Waals surface area contributed by atoms with Crippen LogP contribution in [0.5, 0.6) is 0 Å². The van der Waals surface area contributed by atoms with Gasteiger partial charge in [0.2, 0.25) is 0 Å². The zero-order valence-corrected chi connectivity index (χ0v) is 13.8. The molecule has 0 saturated heterocycles. The van der Waals surface area contributed by atoms with E-state index in [2.05, 4.69) is 12.0 Å². The van der Waals surface area contributed by atoms with Crippen LogP contribution >= 0.6 is 11.6 Å². The summed E-state index contributed by atoms with van der Waals surface area (Å²) in [6.45, 7) is 4.05. The van der Waals surface area contributed by atoms with Crippen LogP contribution in [0.2, 0.25) is 5.02 Å². The molecule has 0 amide bonds. The highest BCUT2D eigenvalue weighted by Gasteiger charge is 2.25. The average molecular weight is 326 g/mol. The second-order valence-electron chi connectivity index (χ2n) is 6.27. The van der Waals surface area contributed by atoms with Gasteiger partial charge in [-0.3, -0.25) is 4.79 Å². The number of Topliss-reactive ketones (excluding diaryl/α,β-unsaturated/α-hetero) is 1. The van der Waals surface area contributed by atoms with Gasteiger partial charge in [0.05, 0.1) is 17.0 Å². The predicted octanol–water partition coefficient (Wildman–Crippen LogP) is 4.12. The molecule has 3 aromatic rings. The number of aryl methyl sites for hydroxylation is 1. The normalized spacial score (nSPS) is 17.5. The van der Waals surface area contributed by atoms with E-state index in [-0.39, 0.29) is 5.78 Å². The number of rotatable bonds is 1. The SMILES string of the molecule is Cc1nn2cc3c(nc2c1-c1ccc(Cl)cc1)CC(C)CC3=O. The van der Waals surface area contributed by atoms with E-state index in [0.717, 1.165) is 34.6 Å². The van der Waals surface area contributed by atoms with E-state index in [9.17, 15) is 4.79 Å². The van der Waals surface area contributed by atoms with Gasteiger partial charge in [0.15, 0.2) is 11.4 Å². The Morgan fingerprint density at radius 2 is 1.96 bits per heavy atom. The predicted molar refractivity (Wildman–Crippen MR) is 90.0 cm³/mol. The van der Waals surface area contributed by atoms with Crippen molar-refractivity contribution in [3.05, 3.63) is 52.4 Å². The Morgan fingerprint density at radius 1 is 1.22 bits per heavy atom. The Bertz CT molecular complexity index is 928.